The molecule has 2 unspecified atom stereocenters. The molecule has 4 aliphatic rings. The van der Waals surface area contributed by atoms with Crippen LogP contribution >= 0.6 is 19.5 Å². The molecule has 4 fully saturated rings. The van der Waals surface area contributed by atoms with Crippen LogP contribution in [-0.2, 0) is 0 Å². The first-order chi connectivity index (χ1) is 14.4. The molecule has 0 aromatic heterocycles. The van der Waals surface area contributed by atoms with Gasteiger partial charge in [0.1, 0.15) is 0 Å². The molecule has 156 valence electrons. The molecule has 2 amide bonds. The lowest BCUT2D eigenvalue weighted by molar-refractivity contribution is 0.0518. The summed E-state index contributed by atoms with van der Waals surface area (Å²) >= 11 is 7.04. The summed E-state index contributed by atoms with van der Waals surface area (Å²) in [5.74, 6) is 1.06. The maximum absolute atomic E-state index is 13.6. The zero-order chi connectivity index (χ0) is 20.8. The van der Waals surface area contributed by atoms with E-state index in [9.17, 15) is 9.59 Å². The molecule has 2 N–H and O–H groups in total. The zero-order valence-electron chi connectivity index (χ0n) is 16.8. The number of carbonyl (C=O) groups is 2. The molecule has 0 saturated heterocycles. The molecule has 0 radical (unpaired) electrons. The highest BCUT2D eigenvalue weighted by Gasteiger charge is 2.62. The van der Waals surface area contributed by atoms with Crippen LogP contribution in [0.2, 0.25) is 0 Å². The molecule has 30 heavy (non-hydrogen) atoms. The number of anilines is 2. The molecule has 4 aliphatic carbocycles. The molecular formula is C24H26ClN2O2P. The fourth-order valence-corrected chi connectivity index (χ4v) is 9.95. The lowest BCUT2D eigenvalue weighted by Gasteiger charge is -2.61. The van der Waals surface area contributed by atoms with Crippen LogP contribution in [0, 0.1) is 11.8 Å². The number of hydrogen-bond acceptors (Lipinski definition) is 2. The van der Waals surface area contributed by atoms with Crippen LogP contribution in [0.15, 0.2) is 60.7 Å². The predicted octanol–water partition coefficient (Wildman–Crippen LogP) is 7.26. The molecule has 0 heterocycles. The van der Waals surface area contributed by atoms with Crippen molar-refractivity contribution in [2.75, 3.05) is 10.6 Å². The summed E-state index contributed by atoms with van der Waals surface area (Å²) in [6.07, 6.45) is 5.89. The first-order valence-electron chi connectivity index (χ1n) is 10.7. The highest BCUT2D eigenvalue weighted by molar-refractivity contribution is 7.90. The highest BCUT2D eigenvalue weighted by Crippen LogP contribution is 2.71. The number of halogens is 1. The Morgan fingerprint density at radius 2 is 1.27 bits per heavy atom. The van der Waals surface area contributed by atoms with Gasteiger partial charge in [0, 0.05) is 21.4 Å². The monoisotopic (exact) mass is 440 g/mol. The number of para-hydroxylation sites is 2. The van der Waals surface area contributed by atoms with Crippen molar-refractivity contribution >= 4 is 42.2 Å². The summed E-state index contributed by atoms with van der Waals surface area (Å²) in [6.45, 7) is 0. The summed E-state index contributed by atoms with van der Waals surface area (Å²) < 4.78 is 0. The number of carbonyl (C=O) groups excluding carboxylic acids is 2. The van der Waals surface area contributed by atoms with Gasteiger partial charge in [0.2, 0.25) is 0 Å². The van der Waals surface area contributed by atoms with Crippen LogP contribution in [0.5, 0.6) is 0 Å². The minimum Gasteiger partial charge on any atom is -0.322 e. The van der Waals surface area contributed by atoms with Crippen molar-refractivity contribution in [2.45, 2.75) is 48.6 Å². The average Bonchev–Trinajstić information content (AvgIpc) is 2.67. The van der Waals surface area contributed by atoms with Crippen molar-refractivity contribution in [3.8, 4) is 0 Å². The van der Waals surface area contributed by atoms with E-state index in [-0.39, 0.29) is 21.3 Å². The molecule has 2 aromatic carbocycles. The second-order valence-electron chi connectivity index (χ2n) is 9.26. The summed E-state index contributed by atoms with van der Waals surface area (Å²) in [7, 11) is -1.62. The van der Waals surface area contributed by atoms with Crippen LogP contribution in [-0.4, -0.2) is 21.3 Å². The topological polar surface area (TPSA) is 58.2 Å². The van der Waals surface area contributed by atoms with Crippen LogP contribution in [0.3, 0.4) is 0 Å². The Labute approximate surface area is 183 Å². The SMILES string of the molecule is O=C(Nc1ccccc1)P(C(=O)Nc1ccccc1)C12C[C@@H]3C[C@@H](CC(Cl)(C3)C1)C2. The standard InChI is InChI=1S/C24H26ClN2O2P/c25-23-12-17-11-18(13-23)15-24(14-17,16-23)30(21(28)26-19-7-3-1-4-8-19)22(29)27-20-9-5-2-6-10-20/h1-10,17-18H,11-16H2,(H,26,28)(H,27,29)/t17-,18+,23?,24?. The van der Waals surface area contributed by atoms with Gasteiger partial charge in [-0.25, -0.2) is 0 Å². The van der Waals surface area contributed by atoms with E-state index in [4.69, 9.17) is 11.6 Å². The Bertz CT molecular complexity index is 885. The van der Waals surface area contributed by atoms with E-state index in [1.807, 2.05) is 60.7 Å². The molecule has 4 nitrogen and oxygen atoms in total. The fraction of sp³-hybridized carbons (Fsp3) is 0.417. The number of benzene rings is 2. The van der Waals surface area contributed by atoms with Gasteiger partial charge in [0.15, 0.2) is 0 Å². The van der Waals surface area contributed by atoms with Gasteiger partial charge in [-0.15, -0.1) is 11.6 Å². The minimum absolute atomic E-state index is 0.160. The van der Waals surface area contributed by atoms with Gasteiger partial charge < -0.3 is 10.6 Å². The second kappa shape index (κ2) is 7.66. The molecule has 4 bridgehead atoms. The first-order valence-corrected chi connectivity index (χ1v) is 12.4. The normalized spacial score (nSPS) is 31.5. The summed E-state index contributed by atoms with van der Waals surface area (Å²) in [5.41, 5.74) is 1.14. The largest absolute Gasteiger partial charge is 0.322 e. The molecule has 4 saturated carbocycles. The second-order valence-corrected chi connectivity index (χ2v) is 12.5. The Hall–Kier alpha value is -1.90. The Kier molecular flexibility index (Phi) is 5.11. The van der Waals surface area contributed by atoms with Crippen LogP contribution in [0.25, 0.3) is 0 Å². The summed E-state index contributed by atoms with van der Waals surface area (Å²) in [6, 6.07) is 18.8. The van der Waals surface area contributed by atoms with E-state index in [0.717, 1.165) is 43.5 Å². The van der Waals surface area contributed by atoms with Crippen molar-refractivity contribution in [3.63, 3.8) is 0 Å². The molecule has 6 heteroatoms. The molecule has 6 rings (SSSR count). The van der Waals surface area contributed by atoms with Crippen LogP contribution < -0.4 is 10.6 Å². The zero-order valence-corrected chi connectivity index (χ0v) is 18.5. The number of rotatable bonds is 5. The third-order valence-corrected chi connectivity index (χ3v) is 9.84. The van der Waals surface area contributed by atoms with Gasteiger partial charge in [-0.05, 0) is 74.6 Å². The van der Waals surface area contributed by atoms with Gasteiger partial charge in [-0.1, -0.05) is 36.4 Å². The van der Waals surface area contributed by atoms with E-state index < -0.39 is 7.92 Å². The maximum atomic E-state index is 13.6. The third kappa shape index (κ3) is 3.76. The van der Waals surface area contributed by atoms with Crippen molar-refractivity contribution in [3.05, 3.63) is 60.7 Å². The van der Waals surface area contributed by atoms with Crippen molar-refractivity contribution in [1.82, 2.24) is 0 Å². The lowest BCUT2D eigenvalue weighted by Crippen LogP contribution is -2.57. The molecule has 2 aromatic rings. The average molecular weight is 441 g/mol. The van der Waals surface area contributed by atoms with Crippen LogP contribution in [0.1, 0.15) is 38.5 Å². The van der Waals surface area contributed by atoms with E-state index in [1.165, 1.54) is 6.42 Å². The van der Waals surface area contributed by atoms with Gasteiger partial charge in [0.05, 0.1) is 7.92 Å². The lowest BCUT2D eigenvalue weighted by atomic mass is 9.55. The van der Waals surface area contributed by atoms with Gasteiger partial charge >= 0.3 is 0 Å². The molecular weight excluding hydrogens is 415 g/mol. The number of hydrogen-bond donors (Lipinski definition) is 2. The van der Waals surface area contributed by atoms with E-state index in [2.05, 4.69) is 10.6 Å². The van der Waals surface area contributed by atoms with E-state index in [0.29, 0.717) is 11.8 Å². The quantitative estimate of drug-likeness (QED) is 0.379. The van der Waals surface area contributed by atoms with E-state index >= 15 is 0 Å². The Balaban J connectivity index is 1.48. The Morgan fingerprint density at radius 1 is 0.800 bits per heavy atom. The van der Waals surface area contributed by atoms with Crippen molar-refractivity contribution in [2.24, 2.45) is 11.8 Å². The van der Waals surface area contributed by atoms with Crippen molar-refractivity contribution < 1.29 is 9.59 Å². The smallest absolute Gasteiger partial charge is 0.255 e. The number of amides is 2. The number of alkyl halides is 1. The molecule has 0 spiro atoms. The minimum atomic E-state index is -1.62. The fourth-order valence-electron chi connectivity index (χ4n) is 6.29. The van der Waals surface area contributed by atoms with Gasteiger partial charge in [0.25, 0.3) is 11.3 Å². The van der Waals surface area contributed by atoms with E-state index in [1.54, 1.807) is 0 Å². The van der Waals surface area contributed by atoms with Gasteiger partial charge in [-0.2, -0.15) is 0 Å². The summed E-state index contributed by atoms with van der Waals surface area (Å²) in [5, 5.41) is 5.76. The third-order valence-electron chi connectivity index (χ3n) is 6.89. The maximum Gasteiger partial charge on any atom is 0.255 e. The Morgan fingerprint density at radius 3 is 1.70 bits per heavy atom. The first kappa shape index (κ1) is 20.0. The van der Waals surface area contributed by atoms with Crippen LogP contribution in [0.4, 0.5) is 21.0 Å². The predicted molar refractivity (Wildman–Crippen MR) is 124 cm³/mol. The highest BCUT2D eigenvalue weighted by atomic mass is 35.5. The molecule has 0 aliphatic heterocycles. The van der Waals surface area contributed by atoms with Gasteiger partial charge in [-0.3, -0.25) is 9.59 Å². The summed E-state index contributed by atoms with van der Waals surface area (Å²) in [4.78, 5) is 26.9. The molecule has 4 atom stereocenters. The van der Waals surface area contributed by atoms with Crippen molar-refractivity contribution in [1.29, 1.82) is 0 Å². The number of nitrogens with one attached hydrogen (secondary N) is 2.